The van der Waals surface area contributed by atoms with Crippen LogP contribution in [0.1, 0.15) is 19.4 Å². The molecule has 0 radical (unpaired) electrons. The van der Waals surface area contributed by atoms with E-state index >= 15 is 0 Å². The van der Waals surface area contributed by atoms with E-state index in [2.05, 4.69) is 20.4 Å². The Morgan fingerprint density at radius 2 is 2.00 bits per heavy atom. The highest BCUT2D eigenvalue weighted by Crippen LogP contribution is 2.31. The van der Waals surface area contributed by atoms with Gasteiger partial charge in [-0.25, -0.2) is 0 Å². The summed E-state index contributed by atoms with van der Waals surface area (Å²) < 4.78 is 5.36. The van der Waals surface area contributed by atoms with Crippen LogP contribution in [0.5, 0.6) is 5.75 Å². The lowest BCUT2D eigenvalue weighted by Crippen LogP contribution is -2.17. The van der Waals surface area contributed by atoms with E-state index in [1.165, 1.54) is 4.80 Å². The van der Waals surface area contributed by atoms with E-state index in [1.807, 2.05) is 18.2 Å². The molecule has 0 fully saturated rings. The molecule has 2 aromatic heterocycles. The SMILES string of the molecule is COc1cc(-n2nnc(-c3ccccn3)n2)ccc1C(C)(C)O. The summed E-state index contributed by atoms with van der Waals surface area (Å²) in [6.45, 7) is 3.41. The first-order valence-electron chi connectivity index (χ1n) is 7.12. The minimum absolute atomic E-state index is 0.441. The zero-order valence-corrected chi connectivity index (χ0v) is 13.1. The van der Waals surface area contributed by atoms with E-state index in [-0.39, 0.29) is 0 Å². The van der Waals surface area contributed by atoms with Gasteiger partial charge in [-0.15, -0.1) is 15.0 Å². The standard InChI is InChI=1S/C16H17N5O2/c1-16(2,22)12-8-7-11(10-14(12)23-3)21-19-15(18-20-21)13-6-4-5-9-17-13/h4-10,22H,1-3H3. The van der Waals surface area contributed by atoms with Gasteiger partial charge in [0.25, 0.3) is 0 Å². The molecule has 1 N–H and O–H groups in total. The van der Waals surface area contributed by atoms with Gasteiger partial charge in [0.15, 0.2) is 0 Å². The Bertz CT molecular complexity index is 809. The maximum atomic E-state index is 10.2. The number of pyridine rings is 1. The van der Waals surface area contributed by atoms with Gasteiger partial charge in [0.1, 0.15) is 11.4 Å². The quantitative estimate of drug-likeness (QED) is 0.792. The molecule has 7 heteroatoms. The zero-order chi connectivity index (χ0) is 16.4. The van der Waals surface area contributed by atoms with Crippen LogP contribution in [0, 0.1) is 0 Å². The molecule has 0 saturated carbocycles. The molecule has 0 aliphatic carbocycles. The molecule has 0 unspecified atom stereocenters. The van der Waals surface area contributed by atoms with E-state index in [0.29, 0.717) is 28.5 Å². The molecule has 0 aliphatic heterocycles. The van der Waals surface area contributed by atoms with Gasteiger partial charge in [0, 0.05) is 17.8 Å². The molecular weight excluding hydrogens is 294 g/mol. The van der Waals surface area contributed by atoms with E-state index in [1.54, 1.807) is 45.4 Å². The second-order valence-electron chi connectivity index (χ2n) is 5.56. The number of aliphatic hydroxyl groups is 1. The summed E-state index contributed by atoms with van der Waals surface area (Å²) in [6, 6.07) is 10.9. The van der Waals surface area contributed by atoms with Gasteiger partial charge < -0.3 is 9.84 Å². The van der Waals surface area contributed by atoms with Crippen LogP contribution in [0.25, 0.3) is 17.2 Å². The number of rotatable bonds is 4. The first-order valence-corrected chi connectivity index (χ1v) is 7.12. The number of nitrogens with zero attached hydrogens (tertiary/aromatic N) is 5. The topological polar surface area (TPSA) is 86.0 Å². The van der Waals surface area contributed by atoms with Crippen LogP contribution in [0.4, 0.5) is 0 Å². The van der Waals surface area contributed by atoms with E-state index in [4.69, 9.17) is 4.74 Å². The highest BCUT2D eigenvalue weighted by atomic mass is 16.5. The third-order valence-electron chi connectivity index (χ3n) is 3.38. The molecule has 2 heterocycles. The Balaban J connectivity index is 1.98. The average molecular weight is 311 g/mol. The fourth-order valence-electron chi connectivity index (χ4n) is 2.23. The Morgan fingerprint density at radius 3 is 2.65 bits per heavy atom. The normalized spacial score (nSPS) is 11.5. The predicted molar refractivity (Wildman–Crippen MR) is 84.2 cm³/mol. The van der Waals surface area contributed by atoms with Crippen molar-refractivity contribution in [3.05, 3.63) is 48.2 Å². The van der Waals surface area contributed by atoms with Crippen LogP contribution in [0.3, 0.4) is 0 Å². The van der Waals surface area contributed by atoms with E-state index in [0.717, 1.165) is 0 Å². The van der Waals surface area contributed by atoms with Crippen LogP contribution < -0.4 is 4.74 Å². The largest absolute Gasteiger partial charge is 0.496 e. The van der Waals surface area contributed by atoms with Gasteiger partial charge >= 0.3 is 0 Å². The van der Waals surface area contributed by atoms with Crippen molar-refractivity contribution >= 4 is 0 Å². The summed E-state index contributed by atoms with van der Waals surface area (Å²) in [5.74, 6) is 1.00. The lowest BCUT2D eigenvalue weighted by Gasteiger charge is -2.21. The maximum Gasteiger partial charge on any atom is 0.223 e. The number of aromatic nitrogens is 5. The number of benzene rings is 1. The highest BCUT2D eigenvalue weighted by Gasteiger charge is 2.21. The number of hydrogen-bond acceptors (Lipinski definition) is 6. The molecule has 7 nitrogen and oxygen atoms in total. The number of tetrazole rings is 1. The van der Waals surface area contributed by atoms with Crippen molar-refractivity contribution in [2.45, 2.75) is 19.4 Å². The summed E-state index contributed by atoms with van der Waals surface area (Å²) in [6.07, 6.45) is 1.68. The summed E-state index contributed by atoms with van der Waals surface area (Å²) in [5.41, 5.74) is 1.02. The monoisotopic (exact) mass is 311 g/mol. The van der Waals surface area contributed by atoms with Crippen molar-refractivity contribution in [2.75, 3.05) is 7.11 Å². The summed E-state index contributed by atoms with van der Waals surface area (Å²) in [5, 5.41) is 22.6. The van der Waals surface area contributed by atoms with Crippen LogP contribution in [0.2, 0.25) is 0 Å². The molecule has 0 spiro atoms. The molecule has 0 atom stereocenters. The van der Waals surface area contributed by atoms with Crippen molar-refractivity contribution in [3.63, 3.8) is 0 Å². The summed E-state index contributed by atoms with van der Waals surface area (Å²) in [7, 11) is 1.56. The average Bonchev–Trinajstić information content (AvgIpc) is 3.04. The van der Waals surface area contributed by atoms with Crippen LogP contribution in [-0.4, -0.2) is 37.4 Å². The van der Waals surface area contributed by atoms with E-state index < -0.39 is 5.60 Å². The first-order chi connectivity index (χ1) is 11.0. The van der Waals surface area contributed by atoms with Crippen molar-refractivity contribution < 1.29 is 9.84 Å². The van der Waals surface area contributed by atoms with Gasteiger partial charge in [0.2, 0.25) is 5.82 Å². The van der Waals surface area contributed by atoms with Crippen molar-refractivity contribution in [3.8, 4) is 23.0 Å². The van der Waals surface area contributed by atoms with E-state index in [9.17, 15) is 5.11 Å². The van der Waals surface area contributed by atoms with Crippen LogP contribution in [-0.2, 0) is 5.60 Å². The summed E-state index contributed by atoms with van der Waals surface area (Å²) >= 11 is 0. The Kier molecular flexibility index (Phi) is 3.79. The Labute approximate surface area is 133 Å². The molecule has 0 aliphatic rings. The minimum atomic E-state index is -1.00. The van der Waals surface area contributed by atoms with Gasteiger partial charge in [-0.3, -0.25) is 4.98 Å². The molecule has 118 valence electrons. The zero-order valence-electron chi connectivity index (χ0n) is 13.1. The lowest BCUT2D eigenvalue weighted by molar-refractivity contribution is 0.0756. The lowest BCUT2D eigenvalue weighted by atomic mass is 9.97. The van der Waals surface area contributed by atoms with Crippen molar-refractivity contribution in [2.24, 2.45) is 0 Å². The fourth-order valence-corrected chi connectivity index (χ4v) is 2.23. The molecule has 23 heavy (non-hydrogen) atoms. The fraction of sp³-hybridized carbons (Fsp3) is 0.250. The van der Waals surface area contributed by atoms with Gasteiger partial charge in [-0.05, 0) is 37.3 Å². The smallest absolute Gasteiger partial charge is 0.223 e. The number of ether oxygens (including phenoxy) is 1. The molecule has 3 rings (SSSR count). The molecule has 0 saturated heterocycles. The highest BCUT2D eigenvalue weighted by molar-refractivity contribution is 5.49. The number of methoxy groups -OCH3 is 1. The van der Waals surface area contributed by atoms with Gasteiger partial charge in [0.05, 0.1) is 18.4 Å². The summed E-state index contributed by atoms with van der Waals surface area (Å²) in [4.78, 5) is 5.60. The van der Waals surface area contributed by atoms with Crippen LogP contribution in [0.15, 0.2) is 42.6 Å². The Hall–Kier alpha value is -2.80. The molecule has 1 aromatic carbocycles. The van der Waals surface area contributed by atoms with Crippen molar-refractivity contribution in [1.82, 2.24) is 25.2 Å². The van der Waals surface area contributed by atoms with Crippen molar-refractivity contribution in [1.29, 1.82) is 0 Å². The third-order valence-corrected chi connectivity index (χ3v) is 3.38. The van der Waals surface area contributed by atoms with Gasteiger partial charge in [-0.1, -0.05) is 12.1 Å². The predicted octanol–water partition coefficient (Wildman–Crippen LogP) is 1.96. The van der Waals surface area contributed by atoms with Crippen LogP contribution >= 0.6 is 0 Å². The minimum Gasteiger partial charge on any atom is -0.496 e. The molecule has 0 bridgehead atoms. The van der Waals surface area contributed by atoms with Gasteiger partial charge in [-0.2, -0.15) is 0 Å². The number of hydrogen-bond donors (Lipinski definition) is 1. The molecule has 3 aromatic rings. The molecule has 0 amide bonds. The second-order valence-corrected chi connectivity index (χ2v) is 5.56. The molecular formula is C16H17N5O2. The second kappa shape index (κ2) is 5.77. The Morgan fingerprint density at radius 1 is 1.17 bits per heavy atom. The first kappa shape index (κ1) is 15.1. The third kappa shape index (κ3) is 3.04. The maximum absolute atomic E-state index is 10.2.